The molecule has 0 aromatic rings. The number of alkyl halides is 3. The summed E-state index contributed by atoms with van der Waals surface area (Å²) in [7, 11) is 0. The minimum absolute atomic E-state index is 0.0516. The lowest BCUT2D eigenvalue weighted by molar-refractivity contribution is -0.185. The molecule has 1 nitrogen and oxygen atoms in total. The Hall–Kier alpha value is -0.540. The van der Waals surface area contributed by atoms with Crippen LogP contribution in [0, 0.1) is 11.8 Å². The van der Waals surface area contributed by atoms with Crippen molar-refractivity contribution in [2.75, 3.05) is 0 Å². The lowest BCUT2D eigenvalue weighted by Crippen LogP contribution is -2.30. The predicted molar refractivity (Wildman–Crippen MR) is 37.6 cm³/mol. The number of carbonyl (C=O) groups excluding carboxylic acids is 1. The van der Waals surface area contributed by atoms with Gasteiger partial charge in [-0.2, -0.15) is 13.2 Å². The zero-order chi connectivity index (χ0) is 9.19. The van der Waals surface area contributed by atoms with E-state index >= 15 is 0 Å². The summed E-state index contributed by atoms with van der Waals surface area (Å²) in [5.41, 5.74) is 0. The molecule has 1 unspecified atom stereocenters. The molecule has 0 aromatic carbocycles. The van der Waals surface area contributed by atoms with Crippen molar-refractivity contribution in [1.82, 2.24) is 0 Å². The van der Waals surface area contributed by atoms with Gasteiger partial charge in [-0.05, 0) is 18.8 Å². The number of halogens is 3. The topological polar surface area (TPSA) is 17.1 Å². The molecule has 1 atom stereocenters. The Labute approximate surface area is 68.9 Å². The minimum Gasteiger partial charge on any atom is -0.303 e. The Morgan fingerprint density at radius 2 is 1.75 bits per heavy atom. The summed E-state index contributed by atoms with van der Waals surface area (Å²) in [6, 6.07) is 0. The lowest BCUT2D eigenvalue weighted by atomic mass is 9.92. The van der Waals surface area contributed by atoms with Gasteiger partial charge in [-0.3, -0.25) is 0 Å². The monoisotopic (exact) mass is 180 g/mol. The molecule has 1 rings (SSSR count). The third-order valence-corrected chi connectivity index (χ3v) is 2.43. The molecule has 0 saturated heterocycles. The van der Waals surface area contributed by atoms with Crippen LogP contribution in [0.5, 0.6) is 0 Å². The molecule has 70 valence electrons. The molecule has 0 heterocycles. The van der Waals surface area contributed by atoms with Crippen molar-refractivity contribution >= 4 is 6.29 Å². The van der Waals surface area contributed by atoms with Crippen molar-refractivity contribution in [2.24, 2.45) is 11.8 Å². The van der Waals surface area contributed by atoms with E-state index in [9.17, 15) is 18.0 Å². The Morgan fingerprint density at radius 1 is 1.25 bits per heavy atom. The Bertz CT molecular complexity index is 158. The van der Waals surface area contributed by atoms with Crippen molar-refractivity contribution in [3.63, 3.8) is 0 Å². The van der Waals surface area contributed by atoms with Gasteiger partial charge in [0.1, 0.15) is 12.2 Å². The molecule has 0 aliphatic heterocycles. The van der Waals surface area contributed by atoms with Crippen LogP contribution in [0.25, 0.3) is 0 Å². The van der Waals surface area contributed by atoms with E-state index in [0.717, 1.165) is 12.8 Å². The molecule has 1 fully saturated rings. The van der Waals surface area contributed by atoms with Gasteiger partial charge in [-0.1, -0.05) is 12.8 Å². The average molecular weight is 180 g/mol. The largest absolute Gasteiger partial charge is 0.398 e. The van der Waals surface area contributed by atoms with E-state index in [1.807, 2.05) is 0 Å². The fraction of sp³-hybridized carbons (Fsp3) is 0.875. The molecule has 1 aliphatic carbocycles. The zero-order valence-corrected chi connectivity index (χ0v) is 6.60. The first-order valence-electron chi connectivity index (χ1n) is 4.07. The fourth-order valence-electron chi connectivity index (χ4n) is 1.77. The zero-order valence-electron chi connectivity index (χ0n) is 6.60. The van der Waals surface area contributed by atoms with Gasteiger partial charge < -0.3 is 4.79 Å². The van der Waals surface area contributed by atoms with Crippen LogP contribution in [0.15, 0.2) is 0 Å². The van der Waals surface area contributed by atoms with Gasteiger partial charge in [-0.15, -0.1) is 0 Å². The van der Waals surface area contributed by atoms with Crippen LogP contribution in [-0.4, -0.2) is 12.5 Å². The maximum Gasteiger partial charge on any atom is 0.398 e. The normalized spacial score (nSPS) is 22.6. The lowest BCUT2D eigenvalue weighted by Gasteiger charge is -2.19. The standard InChI is InChI=1S/C8H11F3O/c9-8(10,11)7(5-12)6-3-1-2-4-6/h5-7H,1-4H2. The number of hydrogen-bond donors (Lipinski definition) is 0. The van der Waals surface area contributed by atoms with Crippen molar-refractivity contribution in [1.29, 1.82) is 0 Å². The molecule has 1 aliphatic rings. The molecule has 0 N–H and O–H groups in total. The minimum atomic E-state index is -4.34. The third-order valence-electron chi connectivity index (χ3n) is 2.43. The molecule has 0 spiro atoms. The molecule has 4 heteroatoms. The molecule has 0 radical (unpaired) electrons. The van der Waals surface area contributed by atoms with Gasteiger partial charge in [0.15, 0.2) is 0 Å². The number of hydrogen-bond acceptors (Lipinski definition) is 1. The summed E-state index contributed by atoms with van der Waals surface area (Å²) in [6.45, 7) is 0. The van der Waals surface area contributed by atoms with E-state index in [1.165, 1.54) is 0 Å². The van der Waals surface area contributed by atoms with Gasteiger partial charge >= 0.3 is 6.18 Å². The Morgan fingerprint density at radius 3 is 2.08 bits per heavy atom. The van der Waals surface area contributed by atoms with Crippen LogP contribution < -0.4 is 0 Å². The molecule has 0 aromatic heterocycles. The highest BCUT2D eigenvalue weighted by Gasteiger charge is 2.45. The van der Waals surface area contributed by atoms with Crippen LogP contribution in [0.4, 0.5) is 13.2 Å². The summed E-state index contributed by atoms with van der Waals surface area (Å²) in [4.78, 5) is 10.2. The first-order valence-corrected chi connectivity index (χ1v) is 4.07. The summed E-state index contributed by atoms with van der Waals surface area (Å²) >= 11 is 0. The van der Waals surface area contributed by atoms with Gasteiger partial charge in [-0.25, -0.2) is 0 Å². The van der Waals surface area contributed by atoms with E-state index < -0.39 is 18.0 Å². The van der Waals surface area contributed by atoms with Gasteiger partial charge in [0, 0.05) is 0 Å². The van der Waals surface area contributed by atoms with E-state index in [-0.39, 0.29) is 6.29 Å². The number of carbonyl (C=O) groups is 1. The van der Waals surface area contributed by atoms with Crippen LogP contribution >= 0.6 is 0 Å². The molecule has 0 bridgehead atoms. The molecule has 12 heavy (non-hydrogen) atoms. The Balaban J connectivity index is 2.60. The summed E-state index contributed by atoms with van der Waals surface area (Å²) in [5, 5.41) is 0. The Kier molecular flexibility index (Phi) is 2.75. The van der Waals surface area contributed by atoms with E-state index in [2.05, 4.69) is 0 Å². The third kappa shape index (κ3) is 1.99. The molecular weight excluding hydrogens is 169 g/mol. The average Bonchev–Trinajstić information content (AvgIpc) is 2.38. The van der Waals surface area contributed by atoms with E-state index in [0.29, 0.717) is 12.8 Å². The maximum absolute atomic E-state index is 12.1. The second kappa shape index (κ2) is 3.46. The second-order valence-electron chi connectivity index (χ2n) is 3.25. The smallest absolute Gasteiger partial charge is 0.303 e. The summed E-state index contributed by atoms with van der Waals surface area (Å²) < 4.78 is 36.4. The second-order valence-corrected chi connectivity index (χ2v) is 3.25. The SMILES string of the molecule is O=CC(C1CCCC1)C(F)(F)F. The first kappa shape index (κ1) is 9.55. The van der Waals surface area contributed by atoms with E-state index in [1.54, 1.807) is 0 Å². The molecule has 1 saturated carbocycles. The predicted octanol–water partition coefficient (Wildman–Crippen LogP) is 2.55. The number of aldehydes is 1. The fourth-order valence-corrected chi connectivity index (χ4v) is 1.77. The van der Waals surface area contributed by atoms with Crippen LogP contribution in [0.3, 0.4) is 0 Å². The van der Waals surface area contributed by atoms with Crippen LogP contribution in [0.2, 0.25) is 0 Å². The van der Waals surface area contributed by atoms with Crippen molar-refractivity contribution < 1.29 is 18.0 Å². The molecular formula is C8H11F3O. The van der Waals surface area contributed by atoms with Gasteiger partial charge in [0.25, 0.3) is 0 Å². The van der Waals surface area contributed by atoms with Crippen LogP contribution in [-0.2, 0) is 4.79 Å². The summed E-state index contributed by atoms with van der Waals surface area (Å²) in [5.74, 6) is -2.18. The van der Waals surface area contributed by atoms with Crippen molar-refractivity contribution in [3.8, 4) is 0 Å². The van der Waals surface area contributed by atoms with E-state index in [4.69, 9.17) is 0 Å². The maximum atomic E-state index is 12.1. The highest BCUT2D eigenvalue weighted by atomic mass is 19.4. The molecule has 0 amide bonds. The van der Waals surface area contributed by atoms with Gasteiger partial charge in [0.2, 0.25) is 0 Å². The van der Waals surface area contributed by atoms with Gasteiger partial charge in [0.05, 0.1) is 0 Å². The number of rotatable bonds is 2. The van der Waals surface area contributed by atoms with Crippen molar-refractivity contribution in [2.45, 2.75) is 31.9 Å². The van der Waals surface area contributed by atoms with Crippen LogP contribution in [0.1, 0.15) is 25.7 Å². The first-order chi connectivity index (χ1) is 5.55. The quantitative estimate of drug-likeness (QED) is 0.597. The highest BCUT2D eigenvalue weighted by molar-refractivity contribution is 5.55. The highest BCUT2D eigenvalue weighted by Crippen LogP contribution is 2.39. The summed E-state index contributed by atoms with van der Waals surface area (Å²) in [6.07, 6.45) is -1.55. The van der Waals surface area contributed by atoms with Crippen molar-refractivity contribution in [3.05, 3.63) is 0 Å².